The normalized spacial score (nSPS) is 16.7. The first-order valence-electron chi connectivity index (χ1n) is 7.68. The molecule has 0 aliphatic carbocycles. The molecule has 1 fully saturated rings. The summed E-state index contributed by atoms with van der Waals surface area (Å²) in [7, 11) is 0. The predicted molar refractivity (Wildman–Crippen MR) is 83.5 cm³/mol. The van der Waals surface area contributed by atoms with Crippen LogP contribution in [0.4, 0.5) is 5.82 Å². The Balaban J connectivity index is 1.58. The van der Waals surface area contributed by atoms with Gasteiger partial charge in [0.05, 0.1) is 6.20 Å². The Morgan fingerprint density at radius 2 is 2.23 bits per heavy atom. The Hall–Kier alpha value is -2.10. The largest absolute Gasteiger partial charge is 0.444 e. The lowest BCUT2D eigenvalue weighted by Gasteiger charge is -2.32. The number of aliphatic hydroxyl groups excluding tert-OH is 1. The van der Waals surface area contributed by atoms with Gasteiger partial charge in [0.25, 0.3) is 0 Å². The van der Waals surface area contributed by atoms with Crippen molar-refractivity contribution in [3.63, 3.8) is 0 Å². The minimum Gasteiger partial charge on any atom is -0.444 e. The molecular weight excluding hydrogens is 280 g/mol. The second-order valence-corrected chi connectivity index (χ2v) is 5.67. The molecular formula is C16H20N4O2. The van der Waals surface area contributed by atoms with Gasteiger partial charge in [-0.3, -0.25) is 0 Å². The summed E-state index contributed by atoms with van der Waals surface area (Å²) < 4.78 is 5.34. The van der Waals surface area contributed by atoms with Gasteiger partial charge in [-0.1, -0.05) is 0 Å². The smallest absolute Gasteiger partial charge is 0.204 e. The molecule has 2 aromatic rings. The average molecular weight is 300 g/mol. The zero-order valence-corrected chi connectivity index (χ0v) is 12.5. The van der Waals surface area contributed by atoms with Crippen LogP contribution in [-0.2, 0) is 0 Å². The number of likely N-dealkylation sites (tertiary alicyclic amines) is 1. The quantitative estimate of drug-likeness (QED) is 0.878. The van der Waals surface area contributed by atoms with E-state index in [-0.39, 0.29) is 6.61 Å². The van der Waals surface area contributed by atoms with E-state index in [0.717, 1.165) is 50.1 Å². The fourth-order valence-corrected chi connectivity index (χ4v) is 2.88. The van der Waals surface area contributed by atoms with E-state index in [1.54, 1.807) is 12.3 Å². The summed E-state index contributed by atoms with van der Waals surface area (Å²) in [6, 6.07) is 6.08. The number of aromatic nitrogens is 1. The summed E-state index contributed by atoms with van der Waals surface area (Å²) in [5.74, 6) is 1.14. The van der Waals surface area contributed by atoms with Crippen molar-refractivity contribution in [1.29, 1.82) is 5.26 Å². The van der Waals surface area contributed by atoms with Crippen molar-refractivity contribution in [2.45, 2.75) is 25.3 Å². The Kier molecular flexibility index (Phi) is 4.56. The molecule has 0 aromatic carbocycles. The fraction of sp³-hybridized carbons (Fsp3) is 0.500. The van der Waals surface area contributed by atoms with E-state index in [2.05, 4.69) is 15.2 Å². The Morgan fingerprint density at radius 1 is 1.41 bits per heavy atom. The van der Waals surface area contributed by atoms with E-state index < -0.39 is 0 Å². The van der Waals surface area contributed by atoms with E-state index in [9.17, 15) is 0 Å². The van der Waals surface area contributed by atoms with Crippen molar-refractivity contribution in [2.75, 3.05) is 31.6 Å². The molecule has 2 aromatic heterocycles. The molecule has 2 N–H and O–H groups in total. The lowest BCUT2D eigenvalue weighted by atomic mass is 10.0. The third-order valence-corrected chi connectivity index (χ3v) is 4.09. The van der Waals surface area contributed by atoms with Crippen molar-refractivity contribution in [2.24, 2.45) is 0 Å². The van der Waals surface area contributed by atoms with Crippen LogP contribution in [0.15, 0.2) is 22.7 Å². The molecule has 0 radical (unpaired) electrons. The number of aliphatic hydroxyl groups is 1. The maximum absolute atomic E-state index is 8.87. The maximum Gasteiger partial charge on any atom is 0.204 e. The SMILES string of the molecule is N#Cc1cc2cc(NC3CCN(CCCO)CC3)ncc2o1. The predicted octanol–water partition coefficient (Wildman–Crippen LogP) is 1.96. The molecule has 0 atom stereocenters. The third kappa shape index (κ3) is 3.38. The van der Waals surface area contributed by atoms with Gasteiger partial charge in [-0.05, 0) is 25.3 Å². The second-order valence-electron chi connectivity index (χ2n) is 5.67. The van der Waals surface area contributed by atoms with Crippen molar-refractivity contribution in [1.82, 2.24) is 9.88 Å². The van der Waals surface area contributed by atoms with Gasteiger partial charge in [0.15, 0.2) is 5.58 Å². The van der Waals surface area contributed by atoms with Crippen molar-refractivity contribution in [3.05, 3.63) is 24.1 Å². The fourth-order valence-electron chi connectivity index (χ4n) is 2.88. The first kappa shape index (κ1) is 14.8. The van der Waals surface area contributed by atoms with Gasteiger partial charge in [0, 0.05) is 43.7 Å². The third-order valence-electron chi connectivity index (χ3n) is 4.09. The molecule has 22 heavy (non-hydrogen) atoms. The Bertz CT molecular complexity index is 668. The molecule has 1 aliphatic rings. The van der Waals surface area contributed by atoms with Gasteiger partial charge in [-0.2, -0.15) is 5.26 Å². The highest BCUT2D eigenvalue weighted by atomic mass is 16.3. The zero-order valence-electron chi connectivity index (χ0n) is 12.5. The lowest BCUT2D eigenvalue weighted by molar-refractivity contribution is 0.192. The molecule has 6 heteroatoms. The number of nitrogens with one attached hydrogen (secondary N) is 1. The monoisotopic (exact) mass is 300 g/mol. The van der Waals surface area contributed by atoms with Crippen LogP contribution in [0.1, 0.15) is 25.0 Å². The van der Waals surface area contributed by atoms with E-state index in [4.69, 9.17) is 14.8 Å². The zero-order chi connectivity index (χ0) is 15.4. The number of nitrogens with zero attached hydrogens (tertiary/aromatic N) is 3. The van der Waals surface area contributed by atoms with Gasteiger partial charge >= 0.3 is 0 Å². The van der Waals surface area contributed by atoms with Gasteiger partial charge in [-0.15, -0.1) is 0 Å². The van der Waals surface area contributed by atoms with Gasteiger partial charge < -0.3 is 19.7 Å². The Morgan fingerprint density at radius 3 is 2.95 bits per heavy atom. The second kappa shape index (κ2) is 6.77. The van der Waals surface area contributed by atoms with Crippen LogP contribution in [0, 0.1) is 11.3 Å². The molecule has 0 unspecified atom stereocenters. The molecule has 1 aliphatic heterocycles. The molecule has 0 spiro atoms. The highest BCUT2D eigenvalue weighted by molar-refractivity contribution is 5.80. The summed E-state index contributed by atoms with van der Waals surface area (Å²) in [6.07, 6.45) is 4.65. The van der Waals surface area contributed by atoms with Crippen LogP contribution < -0.4 is 5.32 Å². The number of piperidine rings is 1. The summed E-state index contributed by atoms with van der Waals surface area (Å²) >= 11 is 0. The van der Waals surface area contributed by atoms with Crippen LogP contribution in [0.25, 0.3) is 11.0 Å². The minimum absolute atomic E-state index is 0.261. The topological polar surface area (TPSA) is 85.3 Å². The molecule has 3 heterocycles. The van der Waals surface area contributed by atoms with Crippen LogP contribution in [0.5, 0.6) is 0 Å². The molecule has 116 valence electrons. The van der Waals surface area contributed by atoms with Gasteiger partial charge in [0.2, 0.25) is 5.76 Å². The number of hydrogen-bond donors (Lipinski definition) is 2. The van der Waals surface area contributed by atoms with E-state index >= 15 is 0 Å². The molecule has 0 amide bonds. The first-order chi connectivity index (χ1) is 10.8. The number of hydrogen-bond acceptors (Lipinski definition) is 6. The van der Waals surface area contributed by atoms with Crippen LogP contribution in [0.2, 0.25) is 0 Å². The van der Waals surface area contributed by atoms with E-state index in [0.29, 0.717) is 17.4 Å². The number of furan rings is 1. The highest BCUT2D eigenvalue weighted by Crippen LogP contribution is 2.22. The van der Waals surface area contributed by atoms with Gasteiger partial charge in [0.1, 0.15) is 11.9 Å². The summed E-state index contributed by atoms with van der Waals surface area (Å²) in [4.78, 5) is 6.75. The van der Waals surface area contributed by atoms with Crippen LogP contribution in [0.3, 0.4) is 0 Å². The summed E-state index contributed by atoms with van der Waals surface area (Å²) in [5.41, 5.74) is 0.640. The molecule has 0 saturated carbocycles. The number of pyridine rings is 1. The molecule has 0 bridgehead atoms. The van der Waals surface area contributed by atoms with Gasteiger partial charge in [-0.25, -0.2) is 4.98 Å². The summed E-state index contributed by atoms with van der Waals surface area (Å²) in [5, 5.41) is 22.1. The first-order valence-corrected chi connectivity index (χ1v) is 7.68. The van der Waals surface area contributed by atoms with Crippen molar-refractivity contribution < 1.29 is 9.52 Å². The number of rotatable bonds is 5. The van der Waals surface area contributed by atoms with Crippen molar-refractivity contribution in [3.8, 4) is 6.07 Å². The number of nitriles is 1. The van der Waals surface area contributed by atoms with Crippen LogP contribution in [-0.4, -0.2) is 47.3 Å². The number of anilines is 1. The molecule has 3 rings (SSSR count). The molecule has 6 nitrogen and oxygen atoms in total. The lowest BCUT2D eigenvalue weighted by Crippen LogP contribution is -2.39. The molecule has 1 saturated heterocycles. The van der Waals surface area contributed by atoms with E-state index in [1.807, 2.05) is 12.1 Å². The summed E-state index contributed by atoms with van der Waals surface area (Å²) in [6.45, 7) is 3.32. The minimum atomic E-state index is 0.261. The van der Waals surface area contributed by atoms with E-state index in [1.165, 1.54) is 0 Å². The van der Waals surface area contributed by atoms with Crippen LogP contribution >= 0.6 is 0 Å². The number of fused-ring (bicyclic) bond motifs is 1. The average Bonchev–Trinajstić information content (AvgIpc) is 2.96. The van der Waals surface area contributed by atoms with Crippen molar-refractivity contribution >= 4 is 16.8 Å². The standard InChI is InChI=1S/C16H20N4O2/c17-10-14-8-12-9-16(18-11-15(12)22-14)19-13-2-5-20(6-3-13)4-1-7-21/h8-9,11,13,21H,1-7H2,(H,18,19). The highest BCUT2D eigenvalue weighted by Gasteiger charge is 2.19. The maximum atomic E-state index is 8.87. The Labute approximate surface area is 129 Å².